The van der Waals surface area contributed by atoms with Gasteiger partial charge in [0.1, 0.15) is 0 Å². The molecular weight excluding hydrogens is 538 g/mol. The van der Waals surface area contributed by atoms with Crippen molar-refractivity contribution in [2.75, 3.05) is 4.90 Å². The molecule has 0 saturated carbocycles. The fourth-order valence-corrected chi connectivity index (χ4v) is 7.97. The molecule has 0 radical (unpaired) electrons. The Hall–Kier alpha value is -2.77. The number of carboxylic acid groups (broad SMARTS) is 1. The zero-order chi connectivity index (χ0) is 22.4. The van der Waals surface area contributed by atoms with Crippen molar-refractivity contribution >= 4 is 55.3 Å². The predicted octanol–water partition coefficient (Wildman–Crippen LogP) is 3.46. The van der Waals surface area contributed by atoms with E-state index in [-0.39, 0.29) is 17.4 Å². The second-order valence-electron chi connectivity index (χ2n) is 8.32. The molecule has 5 nitrogen and oxygen atoms in total. The van der Waals surface area contributed by atoms with Crippen LogP contribution in [0.5, 0.6) is 0 Å². The molecule has 3 aliphatic carbocycles. The molecule has 3 aromatic carbocycles. The number of hydrogen-bond acceptors (Lipinski definition) is 4. The topological polar surface area (TPSA) is 77.5 Å². The lowest BCUT2D eigenvalue weighted by Crippen LogP contribution is -2.56. The van der Waals surface area contributed by atoms with Crippen LogP contribution in [0.4, 0.5) is 5.69 Å². The number of nitrogens with zero attached hydrogens (tertiary/aromatic N) is 1. The number of carboxylic acids is 1. The maximum atomic E-state index is 13.9. The van der Waals surface area contributed by atoms with Crippen molar-refractivity contribution in [2.45, 2.75) is 8.65 Å². The Morgan fingerprint density at radius 3 is 1.44 bits per heavy atom. The van der Waals surface area contributed by atoms with Crippen LogP contribution in [0.2, 0.25) is 0 Å². The summed E-state index contributed by atoms with van der Waals surface area (Å²) in [4.78, 5) is 40.0. The molecule has 0 N–H and O–H groups in total. The number of aromatic carboxylic acids is 1. The van der Waals surface area contributed by atoms with E-state index in [1.165, 1.54) is 29.2 Å². The van der Waals surface area contributed by atoms with Crippen molar-refractivity contribution in [2.24, 2.45) is 11.8 Å². The first-order valence-electron chi connectivity index (χ1n) is 10.1. The predicted molar refractivity (Wildman–Crippen MR) is 123 cm³/mol. The first-order chi connectivity index (χ1) is 15.3. The van der Waals surface area contributed by atoms with Gasteiger partial charge < -0.3 is 9.90 Å². The number of benzene rings is 3. The molecule has 1 aliphatic heterocycles. The molecular formula is C25H14Br2NO4-. The Balaban J connectivity index is 1.60. The third-order valence-corrected chi connectivity index (χ3v) is 9.64. The van der Waals surface area contributed by atoms with Gasteiger partial charge in [0.15, 0.2) is 0 Å². The number of rotatable bonds is 2. The van der Waals surface area contributed by atoms with Crippen LogP contribution in [0, 0.1) is 11.8 Å². The van der Waals surface area contributed by atoms with Gasteiger partial charge in [-0.05, 0) is 39.9 Å². The molecule has 2 bridgehead atoms. The molecule has 0 aromatic heterocycles. The summed E-state index contributed by atoms with van der Waals surface area (Å²) in [6.45, 7) is 0. The minimum atomic E-state index is -1.31. The minimum absolute atomic E-state index is 0.0148. The lowest BCUT2D eigenvalue weighted by atomic mass is 9.54. The second-order valence-corrected chi connectivity index (χ2v) is 10.8. The SMILES string of the molecule is O=C([O-])c1ccc(N2C(=O)[C@@H]3[C@H](C2=O)C2(Br)c4ccccc4C3(Br)c3ccccc32)cc1. The van der Waals surface area contributed by atoms with E-state index < -0.39 is 26.5 Å². The number of anilines is 1. The van der Waals surface area contributed by atoms with E-state index >= 15 is 0 Å². The smallest absolute Gasteiger partial charge is 0.239 e. The van der Waals surface area contributed by atoms with Crippen LogP contribution in [0.1, 0.15) is 32.6 Å². The van der Waals surface area contributed by atoms with E-state index in [2.05, 4.69) is 31.9 Å². The largest absolute Gasteiger partial charge is 0.545 e. The Kier molecular flexibility index (Phi) is 3.97. The Morgan fingerprint density at radius 2 is 1.09 bits per heavy atom. The first-order valence-corrected chi connectivity index (χ1v) is 11.7. The molecule has 1 fully saturated rings. The molecule has 1 heterocycles. The molecule has 4 aliphatic rings. The van der Waals surface area contributed by atoms with Crippen molar-refractivity contribution in [3.8, 4) is 0 Å². The van der Waals surface area contributed by atoms with E-state index in [0.717, 1.165) is 22.3 Å². The zero-order valence-corrected chi connectivity index (χ0v) is 19.6. The van der Waals surface area contributed by atoms with E-state index in [4.69, 9.17) is 0 Å². The first kappa shape index (κ1) is 19.9. The van der Waals surface area contributed by atoms with Gasteiger partial charge in [-0.25, -0.2) is 4.90 Å². The third kappa shape index (κ3) is 2.16. The van der Waals surface area contributed by atoms with Gasteiger partial charge in [-0.1, -0.05) is 92.5 Å². The zero-order valence-electron chi connectivity index (χ0n) is 16.4. The summed E-state index contributed by atoms with van der Waals surface area (Å²) in [6, 6.07) is 21.4. The summed E-state index contributed by atoms with van der Waals surface area (Å²) < 4.78 is -1.71. The van der Waals surface area contributed by atoms with Crippen molar-refractivity contribution < 1.29 is 19.5 Å². The van der Waals surface area contributed by atoms with Gasteiger partial charge in [0.2, 0.25) is 11.8 Å². The van der Waals surface area contributed by atoms with Crippen molar-refractivity contribution in [1.29, 1.82) is 0 Å². The summed E-state index contributed by atoms with van der Waals surface area (Å²) in [5.41, 5.74) is 4.19. The van der Waals surface area contributed by atoms with Crippen molar-refractivity contribution in [3.05, 3.63) is 101 Å². The molecule has 32 heavy (non-hydrogen) atoms. The Bertz CT molecular complexity index is 1230. The quantitative estimate of drug-likeness (QED) is 0.361. The lowest BCUT2D eigenvalue weighted by molar-refractivity contribution is -0.255. The van der Waals surface area contributed by atoms with E-state index in [1.807, 2.05) is 48.5 Å². The van der Waals surface area contributed by atoms with Crippen molar-refractivity contribution in [1.82, 2.24) is 0 Å². The summed E-state index contributed by atoms with van der Waals surface area (Å²) in [5.74, 6) is -3.27. The lowest BCUT2D eigenvalue weighted by Gasteiger charge is -2.55. The molecule has 0 unspecified atom stereocenters. The number of imide groups is 1. The number of halogens is 2. The second kappa shape index (κ2) is 6.39. The molecule has 0 spiro atoms. The van der Waals surface area contributed by atoms with Crippen LogP contribution >= 0.6 is 31.9 Å². The van der Waals surface area contributed by atoms with Crippen LogP contribution < -0.4 is 10.0 Å². The maximum Gasteiger partial charge on any atom is 0.239 e. The van der Waals surface area contributed by atoms with Gasteiger partial charge >= 0.3 is 0 Å². The van der Waals surface area contributed by atoms with E-state index in [0.29, 0.717) is 5.69 Å². The number of alkyl halides is 2. The summed E-state index contributed by atoms with van der Waals surface area (Å²) in [7, 11) is 0. The molecule has 2 atom stereocenters. The number of carbonyl (C=O) groups excluding carboxylic acids is 3. The van der Waals surface area contributed by atoms with Gasteiger partial charge in [0.25, 0.3) is 0 Å². The Morgan fingerprint density at radius 1 is 0.719 bits per heavy atom. The highest BCUT2D eigenvalue weighted by molar-refractivity contribution is 9.10. The molecule has 2 amide bonds. The number of amides is 2. The standard InChI is InChI=1S/C25H15Br2NO4/c26-24-15-5-1-2-6-16(15)25(27,18-8-4-3-7-17(18)24)20-19(24)21(29)28(22(20)30)14-11-9-13(10-12-14)23(31)32/h1-12,19-20H,(H,31,32)/p-1/t19-,20+,24?,25?. The summed E-state index contributed by atoms with van der Waals surface area (Å²) in [5, 5.41) is 11.1. The Labute approximate surface area is 200 Å². The average Bonchev–Trinajstić information content (AvgIpc) is 3.08. The van der Waals surface area contributed by atoms with Gasteiger partial charge in [-0.15, -0.1) is 0 Å². The van der Waals surface area contributed by atoms with Crippen LogP contribution in [-0.2, 0) is 18.2 Å². The summed E-state index contributed by atoms with van der Waals surface area (Å²) in [6.07, 6.45) is 0. The van der Waals surface area contributed by atoms with Gasteiger partial charge in [-0.3, -0.25) is 9.59 Å². The van der Waals surface area contributed by atoms with Crippen LogP contribution in [0.25, 0.3) is 0 Å². The van der Waals surface area contributed by atoms with E-state index in [1.54, 1.807) is 0 Å². The fraction of sp³-hybridized carbons (Fsp3) is 0.160. The third-order valence-electron chi connectivity index (χ3n) is 6.95. The fourth-order valence-electron chi connectivity index (χ4n) is 5.67. The molecule has 7 heteroatoms. The van der Waals surface area contributed by atoms with Gasteiger partial charge in [0.05, 0.1) is 32.1 Å². The van der Waals surface area contributed by atoms with E-state index in [9.17, 15) is 19.5 Å². The number of carbonyl (C=O) groups is 3. The molecule has 1 saturated heterocycles. The van der Waals surface area contributed by atoms with Gasteiger partial charge in [-0.2, -0.15) is 0 Å². The van der Waals surface area contributed by atoms with Crippen LogP contribution in [-0.4, -0.2) is 17.8 Å². The number of hydrogen-bond donors (Lipinski definition) is 0. The van der Waals surface area contributed by atoms with Crippen LogP contribution in [0.3, 0.4) is 0 Å². The van der Waals surface area contributed by atoms with Crippen molar-refractivity contribution in [3.63, 3.8) is 0 Å². The highest BCUT2D eigenvalue weighted by Crippen LogP contribution is 2.70. The van der Waals surface area contributed by atoms with Gasteiger partial charge in [0, 0.05) is 0 Å². The highest BCUT2D eigenvalue weighted by Gasteiger charge is 2.72. The molecule has 7 rings (SSSR count). The molecule has 158 valence electrons. The maximum absolute atomic E-state index is 13.9. The highest BCUT2D eigenvalue weighted by atomic mass is 79.9. The summed E-state index contributed by atoms with van der Waals surface area (Å²) >= 11 is 7.91. The normalized spacial score (nSPS) is 29.5. The minimum Gasteiger partial charge on any atom is -0.545 e. The van der Waals surface area contributed by atoms with Crippen LogP contribution in [0.15, 0.2) is 72.8 Å². The monoisotopic (exact) mass is 550 g/mol. The average molecular weight is 552 g/mol. The molecule has 3 aromatic rings.